The Balaban J connectivity index is 1.63. The van der Waals surface area contributed by atoms with Crippen LogP contribution >= 0.6 is 0 Å². The van der Waals surface area contributed by atoms with Gasteiger partial charge >= 0.3 is 0 Å². The summed E-state index contributed by atoms with van der Waals surface area (Å²) in [5.74, 6) is 0.917. The second kappa shape index (κ2) is 7.39. The van der Waals surface area contributed by atoms with Crippen molar-refractivity contribution in [1.29, 1.82) is 0 Å². The third-order valence-electron chi connectivity index (χ3n) is 3.97. The van der Waals surface area contributed by atoms with Gasteiger partial charge in [0.2, 0.25) is 5.91 Å². The third-order valence-corrected chi connectivity index (χ3v) is 3.97. The molecule has 6 heteroatoms. The molecule has 0 radical (unpaired) electrons. The average Bonchev–Trinajstić information content (AvgIpc) is 3.02. The molecule has 0 aliphatic carbocycles. The molecule has 23 heavy (non-hydrogen) atoms. The number of carbonyl (C=O) groups is 1. The van der Waals surface area contributed by atoms with Crippen molar-refractivity contribution < 1.29 is 9.53 Å². The van der Waals surface area contributed by atoms with Crippen LogP contribution in [-0.2, 0) is 22.6 Å². The second-order valence-electron chi connectivity index (χ2n) is 5.73. The summed E-state index contributed by atoms with van der Waals surface area (Å²) in [6, 6.07) is 9.96. The van der Waals surface area contributed by atoms with E-state index in [2.05, 4.69) is 27.0 Å². The van der Waals surface area contributed by atoms with Gasteiger partial charge in [-0.3, -0.25) is 4.79 Å². The van der Waals surface area contributed by atoms with Crippen LogP contribution in [0, 0.1) is 0 Å². The molecule has 1 aromatic carbocycles. The molecule has 122 valence electrons. The highest BCUT2D eigenvalue weighted by Crippen LogP contribution is 2.08. The van der Waals surface area contributed by atoms with Gasteiger partial charge in [0.05, 0.1) is 19.8 Å². The summed E-state index contributed by atoms with van der Waals surface area (Å²) in [5, 5.41) is 3.19. The highest BCUT2D eigenvalue weighted by atomic mass is 16.5. The number of carbonyl (C=O) groups excluding carboxylic acids is 1. The lowest BCUT2D eigenvalue weighted by molar-refractivity contribution is -0.135. The van der Waals surface area contributed by atoms with E-state index in [-0.39, 0.29) is 11.9 Å². The number of nitrogens with one attached hydrogen (secondary N) is 1. The van der Waals surface area contributed by atoms with Crippen molar-refractivity contribution >= 4 is 5.91 Å². The van der Waals surface area contributed by atoms with Gasteiger partial charge in [-0.1, -0.05) is 30.3 Å². The number of morpholine rings is 1. The smallest absolute Gasteiger partial charge is 0.242 e. The summed E-state index contributed by atoms with van der Waals surface area (Å²) < 4.78 is 7.43. The van der Waals surface area contributed by atoms with Crippen LogP contribution in [0.5, 0.6) is 0 Å². The fraction of sp³-hybridized carbons (Fsp3) is 0.412. The Morgan fingerprint density at radius 1 is 1.43 bits per heavy atom. The van der Waals surface area contributed by atoms with Crippen molar-refractivity contribution in [1.82, 2.24) is 19.8 Å². The Hall–Kier alpha value is -2.18. The molecule has 1 atom stereocenters. The quantitative estimate of drug-likeness (QED) is 0.890. The molecule has 1 aliphatic heterocycles. The fourth-order valence-corrected chi connectivity index (χ4v) is 2.70. The van der Waals surface area contributed by atoms with E-state index in [1.54, 1.807) is 18.1 Å². The van der Waals surface area contributed by atoms with Crippen LogP contribution in [0.1, 0.15) is 11.4 Å². The zero-order chi connectivity index (χ0) is 16.1. The van der Waals surface area contributed by atoms with Crippen LogP contribution < -0.4 is 5.32 Å². The van der Waals surface area contributed by atoms with Gasteiger partial charge in [0.1, 0.15) is 11.9 Å². The number of aromatic nitrogens is 2. The summed E-state index contributed by atoms with van der Waals surface area (Å²) in [7, 11) is 1.81. The van der Waals surface area contributed by atoms with E-state index in [1.165, 1.54) is 5.56 Å². The van der Waals surface area contributed by atoms with E-state index in [0.717, 1.165) is 12.4 Å². The maximum Gasteiger partial charge on any atom is 0.242 e. The first kappa shape index (κ1) is 15.7. The fourth-order valence-electron chi connectivity index (χ4n) is 2.70. The molecule has 1 unspecified atom stereocenters. The van der Waals surface area contributed by atoms with Crippen molar-refractivity contribution in [3.05, 3.63) is 54.1 Å². The van der Waals surface area contributed by atoms with Crippen molar-refractivity contribution in [3.8, 4) is 0 Å². The van der Waals surface area contributed by atoms with Gasteiger partial charge in [-0.2, -0.15) is 0 Å². The van der Waals surface area contributed by atoms with Crippen LogP contribution in [-0.4, -0.2) is 53.2 Å². The molecule has 3 rings (SSSR count). The van der Waals surface area contributed by atoms with Gasteiger partial charge in [-0.15, -0.1) is 0 Å². The molecular weight excluding hydrogens is 292 g/mol. The van der Waals surface area contributed by atoms with Crippen molar-refractivity contribution in [3.63, 3.8) is 0 Å². The minimum atomic E-state index is -0.258. The maximum atomic E-state index is 12.4. The van der Waals surface area contributed by atoms with Gasteiger partial charge < -0.3 is 19.5 Å². The van der Waals surface area contributed by atoms with Crippen LogP contribution in [0.2, 0.25) is 0 Å². The van der Waals surface area contributed by atoms with Crippen LogP contribution in [0.4, 0.5) is 0 Å². The lowest BCUT2D eigenvalue weighted by Gasteiger charge is -2.27. The SMILES string of the molecule is CN(Cc1nccn1Cc1ccccc1)C(=O)C1COCCN1. The molecule has 1 fully saturated rings. The summed E-state index contributed by atoms with van der Waals surface area (Å²) >= 11 is 0. The first-order valence-corrected chi connectivity index (χ1v) is 7.84. The molecule has 0 spiro atoms. The highest BCUT2D eigenvalue weighted by Gasteiger charge is 2.25. The Bertz CT molecular complexity index is 635. The molecular formula is C17H22N4O2. The molecule has 6 nitrogen and oxygen atoms in total. The highest BCUT2D eigenvalue weighted by molar-refractivity contribution is 5.81. The van der Waals surface area contributed by atoms with Crippen LogP contribution in [0.25, 0.3) is 0 Å². The summed E-state index contributed by atoms with van der Waals surface area (Å²) in [6.45, 7) is 3.04. The van der Waals surface area contributed by atoms with Gasteiger partial charge in [0, 0.05) is 32.5 Å². The maximum absolute atomic E-state index is 12.4. The van der Waals surface area contributed by atoms with E-state index < -0.39 is 0 Å². The number of rotatable bonds is 5. The van der Waals surface area contributed by atoms with Gasteiger partial charge in [-0.05, 0) is 5.56 Å². The number of ether oxygens (including phenoxy) is 1. The van der Waals surface area contributed by atoms with Gasteiger partial charge in [0.15, 0.2) is 0 Å². The van der Waals surface area contributed by atoms with Crippen LogP contribution in [0.15, 0.2) is 42.7 Å². The topological polar surface area (TPSA) is 59.4 Å². The Morgan fingerprint density at radius 3 is 3.00 bits per heavy atom. The number of hydrogen-bond acceptors (Lipinski definition) is 4. The number of likely N-dealkylation sites (N-methyl/N-ethyl adjacent to an activating group) is 1. The molecule has 0 bridgehead atoms. The predicted octanol–water partition coefficient (Wildman–Crippen LogP) is 0.878. The number of nitrogens with zero attached hydrogens (tertiary/aromatic N) is 3. The predicted molar refractivity (Wildman–Crippen MR) is 86.9 cm³/mol. The van der Waals surface area contributed by atoms with Gasteiger partial charge in [-0.25, -0.2) is 4.98 Å². The summed E-state index contributed by atoms with van der Waals surface area (Å²) in [5.41, 5.74) is 1.21. The standard InChI is InChI=1S/C17H22N4O2/c1-20(17(22)15-13-23-10-8-18-15)12-16-19-7-9-21(16)11-14-5-3-2-4-6-14/h2-7,9,15,18H,8,10-13H2,1H3. The van der Waals surface area contributed by atoms with Crippen molar-refractivity contribution in [2.75, 3.05) is 26.8 Å². The molecule has 1 aliphatic rings. The lowest BCUT2D eigenvalue weighted by Crippen LogP contribution is -2.51. The molecule has 0 saturated carbocycles. The van der Waals surface area contributed by atoms with Gasteiger partial charge in [0.25, 0.3) is 0 Å². The molecule has 1 aromatic heterocycles. The van der Waals surface area contributed by atoms with Crippen LogP contribution in [0.3, 0.4) is 0 Å². The largest absolute Gasteiger partial charge is 0.378 e. The van der Waals surface area contributed by atoms with E-state index in [0.29, 0.717) is 26.3 Å². The van der Waals surface area contributed by atoms with E-state index in [1.807, 2.05) is 24.4 Å². The molecule has 2 aromatic rings. The third kappa shape index (κ3) is 3.97. The molecule has 1 N–H and O–H groups in total. The Labute approximate surface area is 136 Å². The first-order chi connectivity index (χ1) is 11.2. The van der Waals surface area contributed by atoms with Crippen molar-refractivity contribution in [2.24, 2.45) is 0 Å². The number of benzene rings is 1. The molecule has 1 amide bonds. The molecule has 2 heterocycles. The number of amides is 1. The molecule has 1 saturated heterocycles. The normalized spacial score (nSPS) is 17.9. The lowest BCUT2D eigenvalue weighted by atomic mass is 10.2. The number of hydrogen-bond donors (Lipinski definition) is 1. The summed E-state index contributed by atoms with van der Waals surface area (Å²) in [6.07, 6.45) is 3.72. The zero-order valence-electron chi connectivity index (χ0n) is 13.3. The monoisotopic (exact) mass is 314 g/mol. The first-order valence-electron chi connectivity index (χ1n) is 7.84. The minimum absolute atomic E-state index is 0.0407. The van der Waals surface area contributed by atoms with E-state index in [4.69, 9.17) is 4.74 Å². The Morgan fingerprint density at radius 2 is 2.26 bits per heavy atom. The van der Waals surface area contributed by atoms with Crippen molar-refractivity contribution in [2.45, 2.75) is 19.1 Å². The second-order valence-corrected chi connectivity index (χ2v) is 5.73. The summed E-state index contributed by atoms with van der Waals surface area (Å²) in [4.78, 5) is 18.5. The van der Waals surface area contributed by atoms with E-state index >= 15 is 0 Å². The van der Waals surface area contributed by atoms with E-state index in [9.17, 15) is 4.79 Å². The zero-order valence-corrected chi connectivity index (χ0v) is 13.3. The number of imidazole rings is 1. The Kier molecular flexibility index (Phi) is 5.05. The average molecular weight is 314 g/mol. The minimum Gasteiger partial charge on any atom is -0.378 e.